The van der Waals surface area contributed by atoms with Gasteiger partial charge >= 0.3 is 18.2 Å². The van der Waals surface area contributed by atoms with Crippen LogP contribution in [0.25, 0.3) is 11.5 Å². The van der Waals surface area contributed by atoms with Crippen LogP contribution in [0.15, 0.2) is 0 Å². The van der Waals surface area contributed by atoms with Gasteiger partial charge in [-0.2, -0.15) is 28.1 Å². The summed E-state index contributed by atoms with van der Waals surface area (Å²) in [4.78, 5) is 21.5. The number of carbonyl (C=O) groups is 1. The summed E-state index contributed by atoms with van der Waals surface area (Å²) in [6.07, 6.45) is -3.06. The fourth-order valence-corrected chi connectivity index (χ4v) is 2.07. The number of rotatable bonds is 4. The van der Waals surface area contributed by atoms with Gasteiger partial charge in [-0.3, -0.25) is 4.57 Å². The van der Waals surface area contributed by atoms with Crippen LogP contribution in [-0.4, -0.2) is 43.9 Å². The maximum Gasteiger partial charge on any atom is 0.490 e. The molecule has 25 heavy (non-hydrogen) atoms. The number of carboxylic acid groups (broad SMARTS) is 1. The van der Waals surface area contributed by atoms with E-state index < -0.39 is 12.1 Å². The van der Waals surface area contributed by atoms with Crippen molar-refractivity contribution in [3.8, 4) is 17.5 Å². The van der Waals surface area contributed by atoms with Crippen molar-refractivity contribution in [1.82, 2.24) is 19.5 Å². The maximum atomic E-state index is 10.6. The summed E-state index contributed by atoms with van der Waals surface area (Å²) in [5.74, 6) is -1.51. The highest BCUT2D eigenvalue weighted by molar-refractivity contribution is 5.73. The van der Waals surface area contributed by atoms with E-state index in [-0.39, 0.29) is 17.9 Å². The zero-order chi connectivity index (χ0) is 19.4. The van der Waals surface area contributed by atoms with Crippen LogP contribution in [0.1, 0.15) is 32.7 Å². The lowest BCUT2D eigenvalue weighted by Gasteiger charge is -2.20. The number of ether oxygens (including phenoxy) is 1. The number of hydrogen-bond acceptors (Lipinski definition) is 7. The monoisotopic (exact) mass is 364 g/mol. The van der Waals surface area contributed by atoms with E-state index in [2.05, 4.69) is 28.8 Å². The Balaban J connectivity index is 0.000000381. The molecule has 140 valence electrons. The fraction of sp³-hybridized carbons (Fsp3) is 0.538. The van der Waals surface area contributed by atoms with Gasteiger partial charge in [0.25, 0.3) is 0 Å². The summed E-state index contributed by atoms with van der Waals surface area (Å²) in [6, 6.07) is 0.466. The molecule has 5 N–H and O–H groups in total. The topological polar surface area (TPSA) is 142 Å². The summed E-state index contributed by atoms with van der Waals surface area (Å²) in [5, 5.41) is 7.12. The van der Waals surface area contributed by atoms with Gasteiger partial charge in [0.05, 0.1) is 7.11 Å². The van der Waals surface area contributed by atoms with Gasteiger partial charge in [0.1, 0.15) is 0 Å². The van der Waals surface area contributed by atoms with Gasteiger partial charge in [0.2, 0.25) is 5.95 Å². The second-order valence-electron chi connectivity index (χ2n) is 5.05. The third-order valence-corrected chi connectivity index (χ3v) is 3.15. The van der Waals surface area contributed by atoms with Crippen molar-refractivity contribution >= 4 is 17.7 Å². The van der Waals surface area contributed by atoms with E-state index >= 15 is 0 Å². The predicted molar refractivity (Wildman–Crippen MR) is 83.1 cm³/mol. The summed E-state index contributed by atoms with van der Waals surface area (Å²) in [6.45, 7) is 4.19. The Labute approximate surface area is 141 Å². The van der Waals surface area contributed by atoms with Gasteiger partial charge in [0.15, 0.2) is 17.3 Å². The molecule has 9 nitrogen and oxygen atoms in total. The van der Waals surface area contributed by atoms with E-state index in [1.54, 1.807) is 0 Å². The van der Waals surface area contributed by atoms with Crippen LogP contribution in [0.5, 0.6) is 6.01 Å². The molecule has 0 radical (unpaired) electrons. The zero-order valence-corrected chi connectivity index (χ0v) is 13.8. The molecule has 0 aromatic rings. The van der Waals surface area contributed by atoms with E-state index in [1.807, 2.05) is 4.57 Å². The van der Waals surface area contributed by atoms with E-state index in [4.69, 9.17) is 26.1 Å². The predicted octanol–water partition coefficient (Wildman–Crippen LogP) is 1.95. The Morgan fingerprint density at radius 1 is 1.32 bits per heavy atom. The number of nitrogen functional groups attached to an aromatic ring is 2. The second kappa shape index (κ2) is 7.85. The molecule has 1 atom stereocenters. The lowest BCUT2D eigenvalue weighted by atomic mass is 10.2. The molecule has 0 amide bonds. The largest absolute Gasteiger partial charge is 0.490 e. The van der Waals surface area contributed by atoms with Crippen LogP contribution in [0.2, 0.25) is 0 Å². The van der Waals surface area contributed by atoms with Crippen LogP contribution in [0.3, 0.4) is 0 Å². The first-order chi connectivity index (χ1) is 11.5. The van der Waals surface area contributed by atoms with Crippen LogP contribution < -0.4 is 16.2 Å². The number of fused-ring (bicyclic) bond motifs is 1. The standard InChI is InChI=1S/C11H18N6O.C2HF3O2/c1-4-5-6(2)17-9-7(8(12)15-10(17)13)14-11(16-9)18-3;3-2(4,5)1(6)7/h6H,4-5,12H2,1-3H3,(H2,13,15);(H,6,7)/t6-;/m1./s1. The first-order valence-corrected chi connectivity index (χ1v) is 7.17. The molecule has 0 aromatic carbocycles. The van der Waals surface area contributed by atoms with E-state index in [9.17, 15) is 13.2 Å². The minimum absolute atomic E-state index is 0.187. The van der Waals surface area contributed by atoms with Crippen molar-refractivity contribution in [2.75, 3.05) is 18.6 Å². The number of anilines is 2. The molecule has 0 saturated heterocycles. The third-order valence-electron chi connectivity index (χ3n) is 3.15. The lowest BCUT2D eigenvalue weighted by molar-refractivity contribution is -0.192. The minimum atomic E-state index is -5.08. The van der Waals surface area contributed by atoms with Gasteiger partial charge in [0, 0.05) is 6.04 Å². The second-order valence-corrected chi connectivity index (χ2v) is 5.05. The van der Waals surface area contributed by atoms with Crippen LogP contribution >= 0.6 is 0 Å². The Morgan fingerprint density at radius 3 is 2.32 bits per heavy atom. The highest BCUT2D eigenvalue weighted by Crippen LogP contribution is 2.32. The molecule has 0 fully saturated rings. The first kappa shape index (κ1) is 20.3. The van der Waals surface area contributed by atoms with E-state index in [1.165, 1.54) is 7.11 Å². The Hall–Kier alpha value is -2.79. The summed E-state index contributed by atoms with van der Waals surface area (Å²) >= 11 is 0. The maximum absolute atomic E-state index is 10.6. The number of methoxy groups -OCH3 is 1. The average Bonchev–Trinajstić information content (AvgIpc) is 2.91. The van der Waals surface area contributed by atoms with Crippen molar-refractivity contribution in [3.05, 3.63) is 0 Å². The van der Waals surface area contributed by atoms with E-state index in [0.29, 0.717) is 17.5 Å². The molecule has 12 heteroatoms. The van der Waals surface area contributed by atoms with Crippen molar-refractivity contribution < 1.29 is 27.8 Å². The Bertz CT molecular complexity index is 703. The minimum Gasteiger partial charge on any atom is -0.475 e. The van der Waals surface area contributed by atoms with Gasteiger partial charge < -0.3 is 21.3 Å². The fourth-order valence-electron chi connectivity index (χ4n) is 2.07. The average molecular weight is 364 g/mol. The molecule has 2 aliphatic rings. The molecule has 2 aliphatic heterocycles. The molecule has 0 aromatic heterocycles. The van der Waals surface area contributed by atoms with Crippen molar-refractivity contribution in [2.45, 2.75) is 38.9 Å². The smallest absolute Gasteiger partial charge is 0.475 e. The number of halogens is 3. The van der Waals surface area contributed by atoms with E-state index in [0.717, 1.165) is 12.8 Å². The number of imidazole rings is 1. The van der Waals surface area contributed by atoms with Crippen LogP contribution in [-0.2, 0) is 4.79 Å². The SMILES string of the molecule is CCC[C@@H](C)n1c(N)nc(N)c2nc(OC)nc1-2.O=C(O)C(F)(F)F. The van der Waals surface area contributed by atoms with Gasteiger partial charge in [-0.25, -0.2) is 4.79 Å². The first-order valence-electron chi connectivity index (χ1n) is 7.17. The number of nitrogens with zero attached hydrogens (tertiary/aromatic N) is 4. The van der Waals surface area contributed by atoms with Crippen molar-refractivity contribution in [1.29, 1.82) is 0 Å². The number of hydrogen-bond donors (Lipinski definition) is 3. The quantitative estimate of drug-likeness (QED) is 0.747. The summed E-state index contributed by atoms with van der Waals surface area (Å²) in [5.41, 5.74) is 12.3. The highest BCUT2D eigenvalue weighted by Gasteiger charge is 2.38. The molecular weight excluding hydrogens is 345 g/mol. The lowest BCUT2D eigenvalue weighted by Crippen LogP contribution is -2.21. The normalized spacial score (nSPS) is 12.4. The van der Waals surface area contributed by atoms with Gasteiger partial charge in [-0.05, 0) is 13.3 Å². The molecule has 0 spiro atoms. The van der Waals surface area contributed by atoms with Crippen molar-refractivity contribution in [2.24, 2.45) is 0 Å². The summed E-state index contributed by atoms with van der Waals surface area (Å²) in [7, 11) is 1.51. The zero-order valence-electron chi connectivity index (χ0n) is 13.8. The van der Waals surface area contributed by atoms with Crippen molar-refractivity contribution in [3.63, 3.8) is 0 Å². The molecule has 0 bridgehead atoms. The summed E-state index contributed by atoms with van der Waals surface area (Å²) < 4.78 is 38.6. The third kappa shape index (κ3) is 4.84. The van der Waals surface area contributed by atoms with Gasteiger partial charge in [-0.15, -0.1) is 0 Å². The van der Waals surface area contributed by atoms with Crippen LogP contribution in [0, 0.1) is 0 Å². The number of alkyl halides is 3. The highest BCUT2D eigenvalue weighted by atomic mass is 19.4. The van der Waals surface area contributed by atoms with Crippen LogP contribution in [0.4, 0.5) is 24.9 Å². The number of aliphatic carboxylic acids is 1. The number of aromatic nitrogens is 4. The molecule has 0 saturated carbocycles. The molecule has 0 aliphatic carbocycles. The molecule has 2 rings (SSSR count). The molecule has 0 unspecified atom stereocenters. The Kier molecular flexibility index (Phi) is 6.36. The molecular formula is C13H19F3N6O3. The Morgan fingerprint density at radius 2 is 1.88 bits per heavy atom. The number of nitrogens with two attached hydrogens (primary N) is 2. The molecule has 2 heterocycles. The van der Waals surface area contributed by atoms with Gasteiger partial charge in [-0.1, -0.05) is 13.3 Å². The number of carboxylic acids is 1.